The predicted molar refractivity (Wildman–Crippen MR) is 122 cm³/mol. The van der Waals surface area contributed by atoms with Crippen molar-refractivity contribution < 1.29 is 18.7 Å². The topological polar surface area (TPSA) is 88.8 Å². The van der Waals surface area contributed by atoms with E-state index in [0.717, 1.165) is 0 Å². The second-order valence-corrected chi connectivity index (χ2v) is 7.57. The number of carbonyl (C=O) groups excluding carboxylic acids is 2. The Morgan fingerprint density at radius 2 is 1.85 bits per heavy atom. The number of nitrogens with one attached hydrogen (secondary N) is 1. The summed E-state index contributed by atoms with van der Waals surface area (Å²) in [5.74, 6) is -0.476. The number of carbonyl (C=O) groups is 2. The summed E-state index contributed by atoms with van der Waals surface area (Å²) in [5, 5.41) is 3.13. The number of imidazole rings is 1. The molecule has 33 heavy (non-hydrogen) atoms. The molecule has 0 aliphatic carbocycles. The van der Waals surface area contributed by atoms with Crippen LogP contribution in [0.5, 0.6) is 0 Å². The number of rotatable bonds is 5. The van der Waals surface area contributed by atoms with Crippen molar-refractivity contribution in [2.24, 2.45) is 0 Å². The van der Waals surface area contributed by atoms with Crippen molar-refractivity contribution in [3.05, 3.63) is 83.0 Å². The molecule has 0 aliphatic heterocycles. The third kappa shape index (κ3) is 4.63. The lowest BCUT2D eigenvalue weighted by atomic mass is 10.1. The number of methoxy groups -OCH3 is 1. The average Bonchev–Trinajstić information content (AvgIpc) is 3.21. The van der Waals surface area contributed by atoms with Crippen LogP contribution in [0.3, 0.4) is 0 Å². The Bertz CT molecular complexity index is 1320. The third-order valence-electron chi connectivity index (χ3n) is 4.99. The van der Waals surface area contributed by atoms with Gasteiger partial charge in [0.15, 0.2) is 0 Å². The quantitative estimate of drug-likeness (QED) is 0.472. The Hall–Kier alpha value is -3.98. The van der Waals surface area contributed by atoms with Gasteiger partial charge in [-0.15, -0.1) is 0 Å². The fraction of sp³-hybridized carbons (Fsp3) is 0.130. The van der Waals surface area contributed by atoms with Crippen LogP contribution in [0.1, 0.15) is 16.1 Å². The van der Waals surface area contributed by atoms with Gasteiger partial charge in [-0.3, -0.25) is 9.20 Å². The minimum absolute atomic E-state index is 0.139. The van der Waals surface area contributed by atoms with Gasteiger partial charge in [0.05, 0.1) is 7.11 Å². The molecule has 0 saturated carbocycles. The number of halogens is 2. The zero-order chi connectivity index (χ0) is 23.5. The first-order chi connectivity index (χ1) is 15.9. The molecule has 2 amide bonds. The van der Waals surface area contributed by atoms with Crippen LogP contribution in [-0.2, 0) is 11.3 Å². The molecule has 4 rings (SSSR count). The van der Waals surface area contributed by atoms with E-state index in [0.29, 0.717) is 27.5 Å². The van der Waals surface area contributed by atoms with Gasteiger partial charge in [0.1, 0.15) is 17.2 Å². The second kappa shape index (κ2) is 9.25. The van der Waals surface area contributed by atoms with Gasteiger partial charge in [-0.1, -0.05) is 11.6 Å². The molecule has 168 valence electrons. The van der Waals surface area contributed by atoms with Crippen molar-refractivity contribution in [3.63, 3.8) is 0 Å². The van der Waals surface area contributed by atoms with Crippen molar-refractivity contribution in [3.8, 4) is 11.3 Å². The van der Waals surface area contributed by atoms with Crippen LogP contribution in [0, 0.1) is 5.82 Å². The molecule has 8 nitrogen and oxygen atoms in total. The fourth-order valence-electron chi connectivity index (χ4n) is 3.27. The summed E-state index contributed by atoms with van der Waals surface area (Å²) in [6.07, 6.45) is 2.62. The number of amides is 2. The first-order valence-electron chi connectivity index (χ1n) is 9.85. The highest BCUT2D eigenvalue weighted by molar-refractivity contribution is 6.30. The van der Waals surface area contributed by atoms with Crippen LogP contribution in [0.15, 0.2) is 60.9 Å². The SMILES string of the molecule is COC(=O)NCc1cnc2nc(-c3ccc(F)cc3)c(C(=O)N(C)c3ccc(Cl)cc3)n2c1. The number of aromatic nitrogens is 3. The summed E-state index contributed by atoms with van der Waals surface area (Å²) in [7, 11) is 2.90. The van der Waals surface area contributed by atoms with Crippen LogP contribution < -0.4 is 10.2 Å². The Morgan fingerprint density at radius 3 is 2.52 bits per heavy atom. The molecule has 1 N–H and O–H groups in total. The smallest absolute Gasteiger partial charge is 0.407 e. The molecular weight excluding hydrogens is 449 g/mol. The molecule has 2 aromatic carbocycles. The predicted octanol–water partition coefficient (Wildman–Crippen LogP) is 4.32. The van der Waals surface area contributed by atoms with Crippen molar-refractivity contribution >= 4 is 35.1 Å². The normalized spacial score (nSPS) is 10.8. The highest BCUT2D eigenvalue weighted by atomic mass is 35.5. The Balaban J connectivity index is 1.82. The van der Waals surface area contributed by atoms with Gasteiger partial charge in [-0.05, 0) is 48.5 Å². The number of alkyl carbamates (subject to hydrolysis) is 1. The van der Waals surface area contributed by atoms with Crippen LogP contribution in [0.4, 0.5) is 14.9 Å². The summed E-state index contributed by atoms with van der Waals surface area (Å²) < 4.78 is 19.7. The minimum Gasteiger partial charge on any atom is -0.453 e. The zero-order valence-electron chi connectivity index (χ0n) is 17.8. The van der Waals surface area contributed by atoms with E-state index in [2.05, 4.69) is 20.0 Å². The van der Waals surface area contributed by atoms with Gasteiger partial charge >= 0.3 is 6.09 Å². The first kappa shape index (κ1) is 22.2. The van der Waals surface area contributed by atoms with Gasteiger partial charge in [-0.25, -0.2) is 19.2 Å². The van der Waals surface area contributed by atoms with E-state index < -0.39 is 11.9 Å². The monoisotopic (exact) mass is 467 g/mol. The van der Waals surface area contributed by atoms with Crippen LogP contribution in [-0.4, -0.2) is 40.5 Å². The van der Waals surface area contributed by atoms with Crippen LogP contribution in [0.2, 0.25) is 5.02 Å². The number of fused-ring (bicyclic) bond motifs is 1. The number of benzene rings is 2. The zero-order valence-corrected chi connectivity index (χ0v) is 18.5. The maximum absolute atomic E-state index is 13.6. The summed E-state index contributed by atoms with van der Waals surface area (Å²) in [4.78, 5) is 35.4. The van der Waals surface area contributed by atoms with E-state index in [-0.39, 0.29) is 23.9 Å². The number of hydrogen-bond donors (Lipinski definition) is 1. The molecule has 10 heteroatoms. The lowest BCUT2D eigenvalue weighted by Crippen LogP contribution is -2.28. The second-order valence-electron chi connectivity index (χ2n) is 7.13. The van der Waals surface area contributed by atoms with Crippen molar-refractivity contribution in [1.29, 1.82) is 0 Å². The highest BCUT2D eigenvalue weighted by Gasteiger charge is 2.25. The van der Waals surface area contributed by atoms with E-state index in [1.807, 2.05) is 0 Å². The molecule has 2 aromatic heterocycles. The molecule has 0 radical (unpaired) electrons. The summed E-state index contributed by atoms with van der Waals surface area (Å²) >= 11 is 5.98. The van der Waals surface area contributed by atoms with Gasteiger partial charge in [-0.2, -0.15) is 0 Å². The van der Waals surface area contributed by atoms with E-state index in [9.17, 15) is 14.0 Å². The Labute approximate surface area is 193 Å². The van der Waals surface area contributed by atoms with Crippen molar-refractivity contribution in [2.45, 2.75) is 6.54 Å². The van der Waals surface area contributed by atoms with E-state index >= 15 is 0 Å². The lowest BCUT2D eigenvalue weighted by Gasteiger charge is -2.18. The maximum Gasteiger partial charge on any atom is 0.407 e. The molecular formula is C23H19ClFN5O3. The molecule has 0 unspecified atom stereocenters. The molecule has 0 aliphatic rings. The molecule has 0 atom stereocenters. The van der Waals surface area contributed by atoms with E-state index in [1.165, 1.54) is 24.1 Å². The van der Waals surface area contributed by atoms with Crippen molar-refractivity contribution in [1.82, 2.24) is 19.7 Å². The van der Waals surface area contributed by atoms with Crippen LogP contribution in [0.25, 0.3) is 17.0 Å². The molecule has 0 bridgehead atoms. The van der Waals surface area contributed by atoms with Crippen LogP contribution >= 0.6 is 11.6 Å². The van der Waals surface area contributed by atoms with E-state index in [4.69, 9.17) is 11.6 Å². The number of hydrogen-bond acceptors (Lipinski definition) is 5. The van der Waals surface area contributed by atoms with Crippen molar-refractivity contribution in [2.75, 3.05) is 19.1 Å². The Morgan fingerprint density at radius 1 is 1.15 bits per heavy atom. The molecule has 2 heterocycles. The van der Waals surface area contributed by atoms with Gasteiger partial charge in [0.25, 0.3) is 5.91 Å². The average molecular weight is 468 g/mol. The first-order valence-corrected chi connectivity index (χ1v) is 10.2. The molecule has 0 spiro atoms. The third-order valence-corrected chi connectivity index (χ3v) is 5.25. The summed E-state index contributed by atoms with van der Waals surface area (Å²) in [5.41, 5.74) is 2.40. The largest absolute Gasteiger partial charge is 0.453 e. The summed E-state index contributed by atoms with van der Waals surface area (Å²) in [6, 6.07) is 12.5. The Kier molecular flexibility index (Phi) is 6.23. The standard InChI is InChI=1S/C23H19ClFN5O3/c1-29(18-9-5-16(24)6-10-18)21(31)20-19(15-3-7-17(25)8-4-15)28-22-26-11-14(13-30(20)22)12-27-23(32)33-2/h3-11,13H,12H2,1-2H3,(H,27,32). The maximum atomic E-state index is 13.6. The van der Waals surface area contributed by atoms with E-state index in [1.54, 1.807) is 60.2 Å². The minimum atomic E-state index is -0.591. The summed E-state index contributed by atoms with van der Waals surface area (Å²) in [6.45, 7) is 0.139. The van der Waals surface area contributed by atoms with Gasteiger partial charge < -0.3 is 15.0 Å². The number of anilines is 1. The molecule has 0 fully saturated rings. The molecule has 0 saturated heterocycles. The number of nitrogens with zero attached hydrogens (tertiary/aromatic N) is 4. The highest BCUT2D eigenvalue weighted by Crippen LogP contribution is 2.27. The van der Waals surface area contributed by atoms with Gasteiger partial charge in [0, 0.05) is 47.8 Å². The number of ether oxygens (including phenoxy) is 1. The van der Waals surface area contributed by atoms with Gasteiger partial charge in [0.2, 0.25) is 5.78 Å². The lowest BCUT2D eigenvalue weighted by molar-refractivity contribution is 0.0988. The fourth-order valence-corrected chi connectivity index (χ4v) is 3.39. The molecule has 4 aromatic rings.